The number of allylic oxidation sites excluding steroid dienone is 1. The molecule has 1 atom stereocenters. The van der Waals surface area contributed by atoms with Gasteiger partial charge in [-0.05, 0) is 26.2 Å². The van der Waals surface area contributed by atoms with E-state index >= 15 is 0 Å². The number of benzene rings is 1. The van der Waals surface area contributed by atoms with Crippen molar-refractivity contribution >= 4 is 11.7 Å². The van der Waals surface area contributed by atoms with Gasteiger partial charge >= 0.3 is 5.97 Å². The Labute approximate surface area is 142 Å². The summed E-state index contributed by atoms with van der Waals surface area (Å²) in [5.74, 6) is 0.742. The van der Waals surface area contributed by atoms with E-state index in [2.05, 4.69) is 6.58 Å². The molecule has 1 heterocycles. The third-order valence-electron chi connectivity index (χ3n) is 4.45. The van der Waals surface area contributed by atoms with Crippen molar-refractivity contribution in [1.29, 1.82) is 0 Å². The molecular formula is C18H25NO5. The van der Waals surface area contributed by atoms with Crippen LogP contribution in [0, 0.1) is 6.92 Å². The Hall–Kier alpha value is -2.37. The Kier molecular flexibility index (Phi) is 5.59. The number of rotatable bonds is 6. The molecular weight excluding hydrogens is 310 g/mol. The van der Waals surface area contributed by atoms with Gasteiger partial charge in [-0.15, -0.1) is 6.58 Å². The minimum absolute atomic E-state index is 0.0567. The van der Waals surface area contributed by atoms with E-state index in [1.165, 1.54) is 14.2 Å². The highest BCUT2D eigenvalue weighted by Crippen LogP contribution is 2.49. The van der Waals surface area contributed by atoms with Gasteiger partial charge in [-0.25, -0.2) is 4.79 Å². The molecule has 6 heteroatoms. The lowest BCUT2D eigenvalue weighted by molar-refractivity contribution is -0.141. The van der Waals surface area contributed by atoms with Gasteiger partial charge in [0.05, 0.1) is 27.0 Å². The summed E-state index contributed by atoms with van der Waals surface area (Å²) in [5, 5.41) is 10.7. The van der Waals surface area contributed by atoms with Gasteiger partial charge in [0, 0.05) is 17.7 Å². The predicted molar refractivity (Wildman–Crippen MR) is 92.2 cm³/mol. The number of hydrogen-bond donors (Lipinski definition) is 1. The van der Waals surface area contributed by atoms with Crippen molar-refractivity contribution in [1.82, 2.24) is 0 Å². The number of hydrogen-bond acceptors (Lipinski definition) is 6. The molecule has 2 rings (SSSR count). The summed E-state index contributed by atoms with van der Waals surface area (Å²) in [4.78, 5) is 14.1. The van der Waals surface area contributed by atoms with E-state index in [0.29, 0.717) is 47.7 Å². The zero-order valence-electron chi connectivity index (χ0n) is 14.7. The van der Waals surface area contributed by atoms with Crippen molar-refractivity contribution in [3.8, 4) is 17.2 Å². The van der Waals surface area contributed by atoms with Crippen LogP contribution in [0.4, 0.5) is 5.69 Å². The molecule has 0 bridgehead atoms. The quantitative estimate of drug-likeness (QED) is 0.637. The molecule has 1 saturated heterocycles. The number of anilines is 1. The first-order chi connectivity index (χ1) is 11.5. The average molecular weight is 335 g/mol. The van der Waals surface area contributed by atoms with Gasteiger partial charge in [-0.3, -0.25) is 0 Å². The topological polar surface area (TPSA) is 68.2 Å². The summed E-state index contributed by atoms with van der Waals surface area (Å²) < 4.78 is 15.9. The Morgan fingerprint density at radius 2 is 2.00 bits per heavy atom. The largest absolute Gasteiger partial charge is 0.504 e. The molecule has 0 aromatic heterocycles. The second-order valence-corrected chi connectivity index (χ2v) is 5.73. The second-order valence-electron chi connectivity index (χ2n) is 5.73. The fraction of sp³-hybridized carbons (Fsp3) is 0.500. The van der Waals surface area contributed by atoms with E-state index in [0.717, 1.165) is 6.42 Å². The highest BCUT2D eigenvalue weighted by atomic mass is 16.5. The van der Waals surface area contributed by atoms with Crippen LogP contribution in [0.5, 0.6) is 17.2 Å². The lowest BCUT2D eigenvalue weighted by Gasteiger charge is -2.30. The number of carbonyl (C=O) groups excluding carboxylic acids is 1. The van der Waals surface area contributed by atoms with Crippen LogP contribution in [0.25, 0.3) is 0 Å². The number of phenolic OH excluding ortho intramolecular Hbond substituents is 1. The first kappa shape index (κ1) is 18.0. The van der Waals surface area contributed by atoms with Crippen molar-refractivity contribution in [3.63, 3.8) is 0 Å². The summed E-state index contributed by atoms with van der Waals surface area (Å²) in [6.45, 7) is 6.27. The molecule has 6 nitrogen and oxygen atoms in total. The summed E-state index contributed by atoms with van der Waals surface area (Å²) in [5.41, 5.74) is 2.04. The fourth-order valence-corrected chi connectivity index (χ4v) is 3.40. The van der Waals surface area contributed by atoms with Gasteiger partial charge in [0.25, 0.3) is 0 Å². The van der Waals surface area contributed by atoms with Gasteiger partial charge in [0.2, 0.25) is 0 Å². The van der Waals surface area contributed by atoms with Crippen molar-refractivity contribution in [2.45, 2.75) is 32.2 Å². The van der Waals surface area contributed by atoms with Gasteiger partial charge < -0.3 is 24.2 Å². The molecule has 0 radical (unpaired) electrons. The molecule has 1 aromatic rings. The van der Waals surface area contributed by atoms with E-state index in [1.54, 1.807) is 13.2 Å². The number of carbonyl (C=O) groups is 1. The minimum atomic E-state index is -0.389. The number of ether oxygens (including phenoxy) is 3. The second kappa shape index (κ2) is 7.47. The molecule has 1 fully saturated rings. The summed E-state index contributed by atoms with van der Waals surface area (Å²) in [6, 6.07) is -0.389. The third-order valence-corrected chi connectivity index (χ3v) is 4.45. The van der Waals surface area contributed by atoms with Crippen molar-refractivity contribution in [2.24, 2.45) is 0 Å². The molecule has 24 heavy (non-hydrogen) atoms. The lowest BCUT2D eigenvalue weighted by Crippen LogP contribution is -2.37. The highest BCUT2D eigenvalue weighted by molar-refractivity contribution is 5.85. The maximum Gasteiger partial charge on any atom is 0.328 e. The lowest BCUT2D eigenvalue weighted by atomic mass is 10.0. The molecule has 0 saturated carbocycles. The van der Waals surface area contributed by atoms with Gasteiger partial charge in [-0.1, -0.05) is 6.08 Å². The van der Waals surface area contributed by atoms with E-state index < -0.39 is 0 Å². The number of nitrogens with zero attached hydrogens (tertiary/aromatic N) is 1. The zero-order valence-corrected chi connectivity index (χ0v) is 14.7. The monoisotopic (exact) mass is 335 g/mol. The number of phenols is 1. The first-order valence-corrected chi connectivity index (χ1v) is 7.93. The van der Waals surface area contributed by atoms with Crippen LogP contribution in [-0.4, -0.2) is 45.0 Å². The average Bonchev–Trinajstić information content (AvgIpc) is 3.06. The van der Waals surface area contributed by atoms with Gasteiger partial charge in [0.15, 0.2) is 11.5 Å². The summed E-state index contributed by atoms with van der Waals surface area (Å²) >= 11 is 0. The van der Waals surface area contributed by atoms with Crippen LogP contribution in [0.3, 0.4) is 0 Å². The SMILES string of the molecule is C=CCc1c(O)c(OC)c(C)c(OC)c1N1CCCC1C(=O)OC. The molecule has 132 valence electrons. The molecule has 0 aliphatic carbocycles. The summed E-state index contributed by atoms with van der Waals surface area (Å²) in [6.07, 6.45) is 3.70. The Morgan fingerprint density at radius 3 is 2.54 bits per heavy atom. The molecule has 1 N–H and O–H groups in total. The van der Waals surface area contributed by atoms with Gasteiger partial charge in [-0.2, -0.15) is 0 Å². The van der Waals surface area contributed by atoms with E-state index in [4.69, 9.17) is 14.2 Å². The maximum atomic E-state index is 12.1. The Balaban J connectivity index is 2.71. The van der Waals surface area contributed by atoms with Crippen LogP contribution >= 0.6 is 0 Å². The van der Waals surface area contributed by atoms with E-state index in [1.807, 2.05) is 11.8 Å². The number of methoxy groups -OCH3 is 3. The highest BCUT2D eigenvalue weighted by Gasteiger charge is 2.36. The van der Waals surface area contributed by atoms with Crippen LogP contribution in [0.1, 0.15) is 24.0 Å². The molecule has 1 unspecified atom stereocenters. The van der Waals surface area contributed by atoms with E-state index in [9.17, 15) is 9.90 Å². The zero-order chi connectivity index (χ0) is 17.9. The van der Waals surface area contributed by atoms with E-state index in [-0.39, 0.29) is 17.8 Å². The molecule has 0 amide bonds. The van der Waals surface area contributed by atoms with Crippen molar-refractivity contribution in [3.05, 3.63) is 23.8 Å². The number of aromatic hydroxyl groups is 1. The smallest absolute Gasteiger partial charge is 0.328 e. The van der Waals surface area contributed by atoms with Crippen LogP contribution in [0.15, 0.2) is 12.7 Å². The van der Waals surface area contributed by atoms with Gasteiger partial charge in [0.1, 0.15) is 11.8 Å². The Bertz CT molecular complexity index is 641. The molecule has 1 aliphatic heterocycles. The van der Waals surface area contributed by atoms with Crippen LogP contribution in [-0.2, 0) is 16.0 Å². The third kappa shape index (κ3) is 2.88. The predicted octanol–water partition coefficient (Wildman–Crippen LogP) is 2.59. The standard InChI is InChI=1S/C18H25NO5/c1-6-8-12-14(19-10-7-9-13(19)18(21)24-5)16(22-3)11(2)17(23-4)15(12)20/h6,13,20H,1,7-10H2,2-5H3. The Morgan fingerprint density at radius 1 is 1.33 bits per heavy atom. The fourth-order valence-electron chi connectivity index (χ4n) is 3.40. The molecule has 1 aromatic carbocycles. The summed E-state index contributed by atoms with van der Waals surface area (Å²) in [7, 11) is 4.46. The number of esters is 1. The van der Waals surface area contributed by atoms with Crippen molar-refractivity contribution in [2.75, 3.05) is 32.8 Å². The van der Waals surface area contributed by atoms with Crippen LogP contribution in [0.2, 0.25) is 0 Å². The van der Waals surface area contributed by atoms with Crippen molar-refractivity contribution < 1.29 is 24.1 Å². The minimum Gasteiger partial charge on any atom is -0.504 e. The molecule has 0 spiro atoms. The van der Waals surface area contributed by atoms with Crippen LogP contribution < -0.4 is 14.4 Å². The normalized spacial score (nSPS) is 16.8. The maximum absolute atomic E-state index is 12.1. The molecule has 1 aliphatic rings. The first-order valence-electron chi connectivity index (χ1n) is 7.93.